The van der Waals surface area contributed by atoms with Gasteiger partial charge in [-0.05, 0) is 31.9 Å². The second-order valence-corrected chi connectivity index (χ2v) is 6.34. The molecule has 1 unspecified atom stereocenters. The number of methoxy groups -OCH3 is 1. The Bertz CT molecular complexity index is 868. The third kappa shape index (κ3) is 4.35. The fourth-order valence-corrected chi connectivity index (χ4v) is 2.51. The van der Waals surface area contributed by atoms with Crippen LogP contribution in [-0.2, 0) is 20.9 Å². The zero-order valence-corrected chi connectivity index (χ0v) is 15.5. The van der Waals surface area contributed by atoms with E-state index >= 15 is 0 Å². The van der Waals surface area contributed by atoms with Gasteiger partial charge in [0.25, 0.3) is 5.56 Å². The number of carbonyl (C=O) groups excluding carboxylic acids is 2. The Morgan fingerprint density at radius 3 is 2.46 bits per heavy atom. The predicted molar refractivity (Wildman–Crippen MR) is 93.9 cm³/mol. The first kappa shape index (κ1) is 19.4. The van der Waals surface area contributed by atoms with Crippen LogP contribution in [0.2, 0.25) is 0 Å². The zero-order chi connectivity index (χ0) is 19.4. The van der Waals surface area contributed by atoms with E-state index in [1.807, 2.05) is 19.9 Å². The SMILES string of the molecule is COC(=O)C(NC(=O)Cn1nc(-n2nc(C)cc2C)ccc1=O)C(C)C. The van der Waals surface area contributed by atoms with Crippen molar-refractivity contribution in [3.05, 3.63) is 39.9 Å². The molecule has 1 atom stereocenters. The number of amides is 1. The molecular formula is C17H23N5O4. The van der Waals surface area contributed by atoms with Crippen LogP contribution < -0.4 is 10.9 Å². The van der Waals surface area contributed by atoms with Crippen LogP contribution in [0.25, 0.3) is 5.82 Å². The number of carbonyl (C=O) groups is 2. The molecule has 9 heteroatoms. The molecule has 0 saturated heterocycles. The van der Waals surface area contributed by atoms with Crippen LogP contribution in [0.1, 0.15) is 25.2 Å². The molecule has 2 aromatic rings. The number of nitrogens with one attached hydrogen (secondary N) is 1. The summed E-state index contributed by atoms with van der Waals surface area (Å²) in [6, 6.07) is 3.96. The van der Waals surface area contributed by atoms with Gasteiger partial charge in [-0.15, -0.1) is 5.10 Å². The van der Waals surface area contributed by atoms with E-state index in [4.69, 9.17) is 4.74 Å². The average molecular weight is 361 g/mol. The van der Waals surface area contributed by atoms with Crippen LogP contribution in [0.15, 0.2) is 23.0 Å². The van der Waals surface area contributed by atoms with Gasteiger partial charge >= 0.3 is 5.97 Å². The maximum atomic E-state index is 12.3. The Kier molecular flexibility index (Phi) is 5.91. The Hall–Kier alpha value is -2.97. The van der Waals surface area contributed by atoms with Gasteiger partial charge in [-0.25, -0.2) is 14.2 Å². The summed E-state index contributed by atoms with van der Waals surface area (Å²) >= 11 is 0. The first-order valence-electron chi connectivity index (χ1n) is 8.22. The van der Waals surface area contributed by atoms with Crippen LogP contribution in [0.3, 0.4) is 0 Å². The number of aromatic nitrogens is 4. The number of hydrogen-bond donors (Lipinski definition) is 1. The lowest BCUT2D eigenvalue weighted by atomic mass is 10.0. The molecule has 0 radical (unpaired) electrons. The van der Waals surface area contributed by atoms with Crippen molar-refractivity contribution in [2.75, 3.05) is 7.11 Å². The lowest BCUT2D eigenvalue weighted by Crippen LogP contribution is -2.47. The topological polar surface area (TPSA) is 108 Å². The monoisotopic (exact) mass is 361 g/mol. The van der Waals surface area contributed by atoms with Gasteiger partial charge in [0.05, 0.1) is 12.8 Å². The summed E-state index contributed by atoms with van der Waals surface area (Å²) in [5.41, 5.74) is 1.25. The number of esters is 1. The smallest absolute Gasteiger partial charge is 0.328 e. The van der Waals surface area contributed by atoms with Gasteiger partial charge in [-0.1, -0.05) is 13.8 Å². The first-order valence-corrected chi connectivity index (χ1v) is 8.22. The second kappa shape index (κ2) is 7.94. The van der Waals surface area contributed by atoms with Crippen LogP contribution in [0.5, 0.6) is 0 Å². The van der Waals surface area contributed by atoms with E-state index in [-0.39, 0.29) is 12.5 Å². The minimum atomic E-state index is -0.789. The highest BCUT2D eigenvalue weighted by Crippen LogP contribution is 2.08. The maximum Gasteiger partial charge on any atom is 0.328 e. The van der Waals surface area contributed by atoms with Crippen molar-refractivity contribution in [1.29, 1.82) is 0 Å². The quantitative estimate of drug-likeness (QED) is 0.744. The molecule has 0 aliphatic carbocycles. The first-order chi connectivity index (χ1) is 12.2. The highest BCUT2D eigenvalue weighted by Gasteiger charge is 2.25. The summed E-state index contributed by atoms with van der Waals surface area (Å²) in [7, 11) is 1.26. The molecule has 2 aromatic heterocycles. The summed E-state index contributed by atoms with van der Waals surface area (Å²) in [4.78, 5) is 36.1. The van der Waals surface area contributed by atoms with Crippen molar-refractivity contribution in [3.8, 4) is 5.82 Å². The van der Waals surface area contributed by atoms with Gasteiger partial charge in [-0.2, -0.15) is 5.10 Å². The van der Waals surface area contributed by atoms with E-state index in [1.165, 1.54) is 13.2 Å². The fraction of sp³-hybridized carbons (Fsp3) is 0.471. The molecule has 0 saturated carbocycles. The van der Waals surface area contributed by atoms with Gasteiger partial charge in [-0.3, -0.25) is 9.59 Å². The van der Waals surface area contributed by atoms with Gasteiger partial charge in [0.1, 0.15) is 12.6 Å². The molecule has 1 N–H and O–H groups in total. The molecule has 0 spiro atoms. The molecule has 9 nitrogen and oxygen atoms in total. The highest BCUT2D eigenvalue weighted by molar-refractivity contribution is 5.84. The fourth-order valence-electron chi connectivity index (χ4n) is 2.51. The van der Waals surface area contributed by atoms with E-state index in [2.05, 4.69) is 15.5 Å². The van der Waals surface area contributed by atoms with Crippen LogP contribution in [0.4, 0.5) is 0 Å². The lowest BCUT2D eigenvalue weighted by Gasteiger charge is -2.19. The largest absolute Gasteiger partial charge is 0.467 e. The molecule has 140 valence electrons. The van der Waals surface area contributed by atoms with E-state index in [1.54, 1.807) is 24.6 Å². The number of ether oxygens (including phenoxy) is 1. The molecule has 0 aliphatic rings. The van der Waals surface area contributed by atoms with Crippen molar-refractivity contribution in [1.82, 2.24) is 24.9 Å². The third-order valence-corrected chi connectivity index (χ3v) is 3.81. The van der Waals surface area contributed by atoms with E-state index in [0.29, 0.717) is 5.82 Å². The molecule has 0 fully saturated rings. The van der Waals surface area contributed by atoms with Gasteiger partial charge in [0, 0.05) is 11.8 Å². The van der Waals surface area contributed by atoms with Gasteiger partial charge < -0.3 is 10.1 Å². The second-order valence-electron chi connectivity index (χ2n) is 6.34. The molecular weight excluding hydrogens is 338 g/mol. The van der Waals surface area contributed by atoms with Crippen molar-refractivity contribution in [2.45, 2.75) is 40.3 Å². The lowest BCUT2D eigenvalue weighted by molar-refractivity contribution is -0.146. The summed E-state index contributed by atoms with van der Waals surface area (Å²) in [5.74, 6) is -0.771. The average Bonchev–Trinajstić information content (AvgIpc) is 2.92. The van der Waals surface area contributed by atoms with Gasteiger partial charge in [0.2, 0.25) is 5.91 Å². The number of rotatable bonds is 6. The van der Waals surface area contributed by atoms with Crippen LogP contribution >= 0.6 is 0 Å². The van der Waals surface area contributed by atoms with Crippen LogP contribution in [0, 0.1) is 19.8 Å². The molecule has 1 amide bonds. The number of nitrogens with zero attached hydrogens (tertiary/aromatic N) is 4. The van der Waals surface area contributed by atoms with E-state index in [0.717, 1.165) is 16.1 Å². The van der Waals surface area contributed by atoms with Crippen molar-refractivity contribution in [3.63, 3.8) is 0 Å². The molecule has 26 heavy (non-hydrogen) atoms. The van der Waals surface area contributed by atoms with Crippen LogP contribution in [-0.4, -0.2) is 44.6 Å². The van der Waals surface area contributed by atoms with Crippen molar-refractivity contribution < 1.29 is 14.3 Å². The molecule has 2 rings (SSSR count). The summed E-state index contributed by atoms with van der Waals surface area (Å²) in [6.45, 7) is 6.98. The molecule has 0 aromatic carbocycles. The zero-order valence-electron chi connectivity index (χ0n) is 15.5. The number of aryl methyl sites for hydroxylation is 2. The Labute approximate surface area is 151 Å². The minimum Gasteiger partial charge on any atom is -0.467 e. The number of hydrogen-bond acceptors (Lipinski definition) is 6. The highest BCUT2D eigenvalue weighted by atomic mass is 16.5. The Morgan fingerprint density at radius 1 is 1.23 bits per heavy atom. The Morgan fingerprint density at radius 2 is 1.92 bits per heavy atom. The van der Waals surface area contributed by atoms with Crippen molar-refractivity contribution >= 4 is 11.9 Å². The van der Waals surface area contributed by atoms with Gasteiger partial charge in [0.15, 0.2) is 5.82 Å². The maximum absolute atomic E-state index is 12.3. The summed E-state index contributed by atoms with van der Waals surface area (Å²) in [5, 5.41) is 11.1. The third-order valence-electron chi connectivity index (χ3n) is 3.81. The Balaban J connectivity index is 2.22. The summed E-state index contributed by atoms with van der Waals surface area (Å²) in [6.07, 6.45) is 0. The molecule has 0 bridgehead atoms. The standard InChI is InChI=1S/C17H23N5O4/c1-10(2)16(17(25)26-5)18-14(23)9-21-15(24)7-6-13(20-21)22-12(4)8-11(3)19-22/h6-8,10,16H,9H2,1-5H3,(H,18,23). The summed E-state index contributed by atoms with van der Waals surface area (Å²) < 4.78 is 7.32. The normalized spacial score (nSPS) is 12.1. The van der Waals surface area contributed by atoms with E-state index < -0.39 is 23.5 Å². The molecule has 0 aliphatic heterocycles. The molecule has 2 heterocycles. The minimum absolute atomic E-state index is 0.155. The predicted octanol–water partition coefficient (Wildman–Crippen LogP) is 0.360. The van der Waals surface area contributed by atoms with Crippen molar-refractivity contribution in [2.24, 2.45) is 5.92 Å². The van der Waals surface area contributed by atoms with E-state index in [9.17, 15) is 14.4 Å².